The van der Waals surface area contributed by atoms with E-state index in [4.69, 9.17) is 11.6 Å². The normalized spacial score (nSPS) is 18.1. The van der Waals surface area contributed by atoms with Crippen molar-refractivity contribution in [1.82, 2.24) is 36.2 Å². The first-order valence-corrected chi connectivity index (χ1v) is 9.68. The van der Waals surface area contributed by atoms with E-state index in [0.717, 1.165) is 17.3 Å². The van der Waals surface area contributed by atoms with Gasteiger partial charge >= 0.3 is 0 Å². The molecular weight excluding hydrogens is 390 g/mol. The van der Waals surface area contributed by atoms with Crippen LogP contribution in [0.25, 0.3) is 10.9 Å². The van der Waals surface area contributed by atoms with Gasteiger partial charge in [-0.25, -0.2) is 0 Å². The van der Waals surface area contributed by atoms with Crippen LogP contribution in [0.1, 0.15) is 33.5 Å². The molecule has 0 saturated heterocycles. The molecule has 4 N–H and O–H groups in total. The van der Waals surface area contributed by atoms with Crippen LogP contribution in [0, 0.1) is 0 Å². The second-order valence-corrected chi connectivity index (χ2v) is 7.52. The van der Waals surface area contributed by atoms with Gasteiger partial charge in [-0.1, -0.05) is 41.1 Å². The van der Waals surface area contributed by atoms with E-state index in [1.165, 1.54) is 11.1 Å². The molecule has 1 amide bonds. The Morgan fingerprint density at radius 2 is 2.10 bits per heavy atom. The maximum Gasteiger partial charge on any atom is 0.268 e. The maximum absolute atomic E-state index is 12.9. The van der Waals surface area contributed by atoms with E-state index in [2.05, 4.69) is 48.4 Å². The van der Waals surface area contributed by atoms with Crippen molar-refractivity contribution < 1.29 is 4.79 Å². The average Bonchev–Trinajstić information content (AvgIpc) is 3.44. The van der Waals surface area contributed by atoms with Crippen molar-refractivity contribution in [2.75, 3.05) is 0 Å². The highest BCUT2D eigenvalue weighted by Crippen LogP contribution is 2.32. The highest BCUT2D eigenvalue weighted by molar-refractivity contribution is 6.31. The van der Waals surface area contributed by atoms with Gasteiger partial charge in [0, 0.05) is 15.9 Å². The Bertz CT molecular complexity index is 1170. The number of halogens is 1. The van der Waals surface area contributed by atoms with Gasteiger partial charge in [0.25, 0.3) is 5.91 Å². The quantitative estimate of drug-likeness (QED) is 0.406. The van der Waals surface area contributed by atoms with Gasteiger partial charge in [-0.2, -0.15) is 5.21 Å². The summed E-state index contributed by atoms with van der Waals surface area (Å²) in [4.78, 5) is 16.1. The van der Waals surface area contributed by atoms with Gasteiger partial charge in [-0.05, 0) is 41.8 Å². The molecule has 2 atom stereocenters. The summed E-state index contributed by atoms with van der Waals surface area (Å²) in [6.45, 7) is 0.451. The monoisotopic (exact) mass is 407 g/mol. The zero-order valence-corrected chi connectivity index (χ0v) is 16.1. The summed E-state index contributed by atoms with van der Waals surface area (Å²) < 4.78 is 0. The fourth-order valence-corrected chi connectivity index (χ4v) is 4.09. The summed E-state index contributed by atoms with van der Waals surface area (Å²) in [6.07, 6.45) is 0.748. The molecule has 0 spiro atoms. The molecule has 2 aromatic carbocycles. The number of tetrazole rings is 1. The third-order valence-corrected chi connectivity index (χ3v) is 5.48. The van der Waals surface area contributed by atoms with E-state index < -0.39 is 0 Å². The second kappa shape index (κ2) is 7.31. The predicted octanol–water partition coefficient (Wildman–Crippen LogP) is 2.52. The van der Waals surface area contributed by atoms with Crippen molar-refractivity contribution in [3.63, 3.8) is 0 Å². The summed E-state index contributed by atoms with van der Waals surface area (Å²) in [5.41, 5.74) is 3.77. The molecule has 4 aromatic rings. The number of amides is 1. The zero-order chi connectivity index (χ0) is 19.8. The van der Waals surface area contributed by atoms with Gasteiger partial charge < -0.3 is 15.6 Å². The van der Waals surface area contributed by atoms with Crippen molar-refractivity contribution in [3.8, 4) is 0 Å². The van der Waals surface area contributed by atoms with Crippen molar-refractivity contribution in [1.29, 1.82) is 0 Å². The first-order valence-electron chi connectivity index (χ1n) is 9.30. The molecule has 0 aliphatic heterocycles. The smallest absolute Gasteiger partial charge is 0.268 e. The Hall–Kier alpha value is -3.23. The molecule has 1 aliphatic rings. The van der Waals surface area contributed by atoms with Crippen LogP contribution in [0.3, 0.4) is 0 Å². The van der Waals surface area contributed by atoms with Crippen LogP contribution >= 0.6 is 11.6 Å². The minimum Gasteiger partial charge on any atom is -0.351 e. The van der Waals surface area contributed by atoms with E-state index in [1.54, 1.807) is 6.07 Å². The number of hydrogen-bond donors (Lipinski definition) is 4. The van der Waals surface area contributed by atoms with Crippen molar-refractivity contribution in [2.24, 2.45) is 0 Å². The summed E-state index contributed by atoms with van der Waals surface area (Å²) in [5, 5.41) is 22.2. The maximum atomic E-state index is 12.9. The second-order valence-electron chi connectivity index (χ2n) is 7.08. The van der Waals surface area contributed by atoms with E-state index in [1.807, 2.05) is 30.3 Å². The first-order chi connectivity index (χ1) is 14.2. The Kier molecular flexibility index (Phi) is 4.49. The van der Waals surface area contributed by atoms with Crippen LogP contribution in [0.15, 0.2) is 48.5 Å². The lowest BCUT2D eigenvalue weighted by molar-refractivity contribution is 0.0925. The molecule has 0 saturated carbocycles. The molecule has 8 nitrogen and oxygen atoms in total. The number of nitrogens with zero attached hydrogens (tertiary/aromatic N) is 3. The third-order valence-electron chi connectivity index (χ3n) is 5.25. The molecule has 5 rings (SSSR count). The topological polar surface area (TPSA) is 111 Å². The fourth-order valence-electron chi connectivity index (χ4n) is 3.91. The Balaban J connectivity index is 1.37. The van der Waals surface area contributed by atoms with Gasteiger partial charge in [0.1, 0.15) is 5.69 Å². The van der Waals surface area contributed by atoms with Gasteiger partial charge in [-0.15, -0.1) is 10.2 Å². The number of carbonyl (C=O) groups is 1. The Morgan fingerprint density at radius 3 is 2.97 bits per heavy atom. The number of rotatable bonds is 5. The van der Waals surface area contributed by atoms with Crippen LogP contribution in [0.4, 0.5) is 0 Å². The van der Waals surface area contributed by atoms with E-state index in [0.29, 0.717) is 23.1 Å². The van der Waals surface area contributed by atoms with Gasteiger partial charge in [0.15, 0.2) is 5.82 Å². The van der Waals surface area contributed by atoms with E-state index in [-0.39, 0.29) is 18.0 Å². The minimum atomic E-state index is -0.151. The number of benzene rings is 2. The largest absolute Gasteiger partial charge is 0.351 e. The van der Waals surface area contributed by atoms with Crippen LogP contribution in [0.2, 0.25) is 5.02 Å². The van der Waals surface area contributed by atoms with Gasteiger partial charge in [0.05, 0.1) is 18.6 Å². The minimum absolute atomic E-state index is 0.0486. The third kappa shape index (κ3) is 3.48. The highest BCUT2D eigenvalue weighted by Gasteiger charge is 2.33. The van der Waals surface area contributed by atoms with Gasteiger partial charge in [0.2, 0.25) is 0 Å². The molecule has 1 aliphatic carbocycles. The van der Waals surface area contributed by atoms with Crippen LogP contribution in [-0.2, 0) is 13.0 Å². The Labute approximate surface area is 171 Å². The molecule has 2 heterocycles. The lowest BCUT2D eigenvalue weighted by atomic mass is 10.1. The van der Waals surface area contributed by atoms with Crippen LogP contribution in [0.5, 0.6) is 0 Å². The number of hydrogen-bond acceptors (Lipinski definition) is 5. The first kappa shape index (κ1) is 17.8. The number of carbonyl (C=O) groups excluding carboxylic acids is 1. The summed E-state index contributed by atoms with van der Waals surface area (Å²) in [5.74, 6) is 0.424. The van der Waals surface area contributed by atoms with Crippen LogP contribution in [-0.4, -0.2) is 37.6 Å². The fraction of sp³-hybridized carbons (Fsp3) is 0.200. The molecular formula is C20H18ClN7O. The van der Waals surface area contributed by atoms with Crippen LogP contribution < -0.4 is 10.6 Å². The number of aromatic nitrogens is 5. The highest BCUT2D eigenvalue weighted by atomic mass is 35.5. The molecule has 146 valence electrons. The van der Waals surface area contributed by atoms with Crippen molar-refractivity contribution in [3.05, 3.63) is 76.2 Å². The number of H-pyrrole nitrogens is 2. The molecule has 29 heavy (non-hydrogen) atoms. The number of fused-ring (bicyclic) bond motifs is 2. The average molecular weight is 408 g/mol. The molecule has 0 radical (unpaired) electrons. The Morgan fingerprint density at radius 1 is 1.21 bits per heavy atom. The van der Waals surface area contributed by atoms with Crippen molar-refractivity contribution in [2.45, 2.75) is 25.0 Å². The van der Waals surface area contributed by atoms with Crippen molar-refractivity contribution >= 4 is 28.4 Å². The van der Waals surface area contributed by atoms with Gasteiger partial charge in [-0.3, -0.25) is 4.79 Å². The zero-order valence-electron chi connectivity index (χ0n) is 15.3. The number of nitrogens with one attached hydrogen (secondary N) is 4. The summed E-state index contributed by atoms with van der Waals surface area (Å²) >= 11 is 6.05. The standard InChI is InChI=1S/C20H18ClN7O/c21-13-5-6-15-12(7-13)9-17(23-15)20(29)24-16-8-11-3-1-2-4-14(11)19(16)22-10-18-25-27-28-26-18/h1-7,9,16,19,22-23H,8,10H2,(H,24,29)(H,25,26,27,28)/t16-,19+/m1/s1. The lowest BCUT2D eigenvalue weighted by Gasteiger charge is -2.22. The predicted molar refractivity (Wildman–Crippen MR) is 108 cm³/mol. The molecule has 0 unspecified atom stereocenters. The lowest BCUT2D eigenvalue weighted by Crippen LogP contribution is -2.42. The summed E-state index contributed by atoms with van der Waals surface area (Å²) in [6, 6.07) is 15.4. The summed E-state index contributed by atoms with van der Waals surface area (Å²) in [7, 11) is 0. The van der Waals surface area contributed by atoms with E-state index in [9.17, 15) is 4.79 Å². The SMILES string of the molecule is O=C(N[C@@H]1Cc2ccccc2[C@@H]1NCc1nn[nH]n1)c1cc2cc(Cl)ccc2[nH]1. The molecule has 0 bridgehead atoms. The molecule has 2 aromatic heterocycles. The number of aromatic amines is 2. The molecule has 0 fully saturated rings. The molecule has 9 heteroatoms. The van der Waals surface area contributed by atoms with E-state index >= 15 is 0 Å².